The number of likely N-dealkylation sites (tertiary alicyclic amines) is 1. The summed E-state index contributed by atoms with van der Waals surface area (Å²) in [6.07, 6.45) is 2.30. The lowest BCUT2D eigenvalue weighted by atomic mass is 9.94. The topological polar surface area (TPSA) is 80.0 Å². The van der Waals surface area contributed by atoms with Crippen LogP contribution >= 0.6 is 34.5 Å². The van der Waals surface area contributed by atoms with Crippen LogP contribution in [-0.2, 0) is 16.0 Å². The highest BCUT2D eigenvalue weighted by atomic mass is 35.5. The number of hydrogen-bond acceptors (Lipinski definition) is 7. The van der Waals surface area contributed by atoms with E-state index in [4.69, 9.17) is 27.9 Å². The second-order valence-corrected chi connectivity index (χ2v) is 9.37. The van der Waals surface area contributed by atoms with Gasteiger partial charge in [-0.15, -0.1) is 5.10 Å². The zero-order valence-corrected chi connectivity index (χ0v) is 19.7. The maximum atomic E-state index is 12.4. The second-order valence-electron chi connectivity index (χ2n) is 7.52. The molecule has 0 spiro atoms. The first-order valence-electron chi connectivity index (χ1n) is 10.4. The molecule has 1 aromatic carbocycles. The van der Waals surface area contributed by atoms with Gasteiger partial charge in [-0.05, 0) is 44.0 Å². The number of carbonyl (C=O) groups excluding carboxylic acids is 1. The minimum absolute atomic E-state index is 0.0430. The molecule has 1 aliphatic rings. The number of aromatic nitrogens is 3. The molecule has 0 saturated carbocycles. The fourth-order valence-electron chi connectivity index (χ4n) is 4.04. The summed E-state index contributed by atoms with van der Waals surface area (Å²) in [5.74, 6) is 0.307. The molecule has 0 aliphatic carbocycles. The molecule has 3 aromatic rings. The maximum Gasteiger partial charge on any atom is 0.310 e. The van der Waals surface area contributed by atoms with Gasteiger partial charge in [-0.1, -0.05) is 47.5 Å². The zero-order valence-electron chi connectivity index (χ0n) is 17.3. The van der Waals surface area contributed by atoms with Crippen molar-refractivity contribution in [2.45, 2.75) is 39.2 Å². The third kappa shape index (κ3) is 4.39. The highest BCUT2D eigenvalue weighted by molar-refractivity contribution is 7.17. The summed E-state index contributed by atoms with van der Waals surface area (Å²) in [4.78, 5) is 20.4. The Kier molecular flexibility index (Phi) is 6.71. The van der Waals surface area contributed by atoms with Gasteiger partial charge >= 0.3 is 5.97 Å². The zero-order chi connectivity index (χ0) is 22.1. The molecule has 0 unspecified atom stereocenters. The average molecular weight is 483 g/mol. The van der Waals surface area contributed by atoms with Crippen LogP contribution in [0.15, 0.2) is 18.2 Å². The minimum atomic E-state index is -0.361. The quantitative estimate of drug-likeness (QED) is 0.511. The van der Waals surface area contributed by atoms with E-state index in [2.05, 4.69) is 15.0 Å². The van der Waals surface area contributed by atoms with Crippen molar-refractivity contribution >= 4 is 45.5 Å². The number of nitrogens with zero attached hydrogens (tertiary/aromatic N) is 4. The Morgan fingerprint density at radius 3 is 2.87 bits per heavy atom. The fourth-order valence-corrected chi connectivity index (χ4v) is 5.68. The standard InChI is InChI=1S/C21H24Cl2N4O3S/c1-3-16-24-21-27(25-16)19(28)18(31-21)17(14-8-7-13(22)10-15(14)23)26-9-5-6-12(11-26)20(29)30-4-2/h7-8,10,12,17,28H,3-6,9,11H2,1-2H3/t12-,17+/m0/s1. The molecule has 2 aromatic heterocycles. The van der Waals surface area contributed by atoms with Crippen molar-refractivity contribution in [3.63, 3.8) is 0 Å². The van der Waals surface area contributed by atoms with Crippen LogP contribution in [0.4, 0.5) is 0 Å². The van der Waals surface area contributed by atoms with E-state index in [9.17, 15) is 9.90 Å². The summed E-state index contributed by atoms with van der Waals surface area (Å²) in [6.45, 7) is 5.40. The first-order valence-corrected chi connectivity index (χ1v) is 11.9. The summed E-state index contributed by atoms with van der Waals surface area (Å²) in [6, 6.07) is 4.99. The minimum Gasteiger partial charge on any atom is -0.492 e. The summed E-state index contributed by atoms with van der Waals surface area (Å²) < 4.78 is 6.74. The Morgan fingerprint density at radius 2 is 2.19 bits per heavy atom. The van der Waals surface area contributed by atoms with E-state index >= 15 is 0 Å². The van der Waals surface area contributed by atoms with Gasteiger partial charge in [-0.3, -0.25) is 9.69 Å². The molecular formula is C21H24Cl2N4O3S. The van der Waals surface area contributed by atoms with Crippen molar-refractivity contribution in [1.29, 1.82) is 0 Å². The molecule has 0 amide bonds. The molecular weight excluding hydrogens is 459 g/mol. The van der Waals surface area contributed by atoms with Crippen molar-refractivity contribution in [3.05, 3.63) is 44.5 Å². The third-order valence-electron chi connectivity index (χ3n) is 5.50. The largest absolute Gasteiger partial charge is 0.492 e. The molecule has 31 heavy (non-hydrogen) atoms. The van der Waals surface area contributed by atoms with Crippen molar-refractivity contribution in [1.82, 2.24) is 19.5 Å². The highest BCUT2D eigenvalue weighted by Crippen LogP contribution is 2.43. The first kappa shape index (κ1) is 22.3. The van der Waals surface area contributed by atoms with Gasteiger partial charge in [-0.2, -0.15) is 4.52 Å². The highest BCUT2D eigenvalue weighted by Gasteiger charge is 2.36. The van der Waals surface area contributed by atoms with Crippen LogP contribution in [0.2, 0.25) is 10.0 Å². The number of halogens is 2. The Morgan fingerprint density at radius 1 is 1.39 bits per heavy atom. The van der Waals surface area contributed by atoms with Crippen LogP contribution in [0, 0.1) is 5.92 Å². The molecule has 2 atom stereocenters. The van der Waals surface area contributed by atoms with Crippen molar-refractivity contribution < 1.29 is 14.6 Å². The first-order chi connectivity index (χ1) is 14.9. The van der Waals surface area contributed by atoms with Gasteiger partial charge in [0.15, 0.2) is 5.82 Å². The maximum absolute atomic E-state index is 12.4. The van der Waals surface area contributed by atoms with Crippen LogP contribution in [0.3, 0.4) is 0 Å². The number of aryl methyl sites for hydroxylation is 1. The van der Waals surface area contributed by atoms with E-state index in [1.54, 1.807) is 12.1 Å². The molecule has 166 valence electrons. The van der Waals surface area contributed by atoms with Gasteiger partial charge in [-0.25, -0.2) is 4.98 Å². The normalized spacial score (nSPS) is 18.4. The molecule has 7 nitrogen and oxygen atoms in total. The lowest BCUT2D eigenvalue weighted by molar-refractivity contribution is -0.150. The number of benzene rings is 1. The Hall–Kier alpha value is -1.87. The number of aromatic hydroxyl groups is 1. The van der Waals surface area contributed by atoms with Gasteiger partial charge in [0.05, 0.1) is 23.4 Å². The van der Waals surface area contributed by atoms with E-state index in [-0.39, 0.29) is 23.8 Å². The molecule has 1 saturated heterocycles. The summed E-state index contributed by atoms with van der Waals surface area (Å²) in [5.41, 5.74) is 0.811. The monoisotopic (exact) mass is 482 g/mol. The SMILES string of the molecule is CCOC(=O)[C@H]1CCCN([C@H](c2ccc(Cl)cc2Cl)c2sc3nc(CC)nn3c2O)C1. The van der Waals surface area contributed by atoms with E-state index in [1.807, 2.05) is 19.9 Å². The molecule has 1 fully saturated rings. The van der Waals surface area contributed by atoms with Crippen molar-refractivity contribution in [2.24, 2.45) is 5.92 Å². The molecule has 0 radical (unpaired) electrons. The summed E-state index contributed by atoms with van der Waals surface area (Å²) in [7, 11) is 0. The van der Waals surface area contributed by atoms with Crippen LogP contribution in [-0.4, -0.2) is 50.3 Å². The second kappa shape index (κ2) is 9.32. The third-order valence-corrected chi connectivity index (χ3v) is 7.14. The Labute approximate surface area is 194 Å². The fraction of sp³-hybridized carbons (Fsp3) is 0.476. The molecule has 0 bridgehead atoms. The number of fused-ring (bicyclic) bond motifs is 1. The number of rotatable bonds is 6. The van der Waals surface area contributed by atoms with Gasteiger partial charge in [0.1, 0.15) is 0 Å². The predicted octanol–water partition coefficient (Wildman–Crippen LogP) is 4.73. The number of carbonyl (C=O) groups is 1. The van der Waals surface area contributed by atoms with Crippen LogP contribution in [0.1, 0.15) is 49.0 Å². The predicted molar refractivity (Wildman–Crippen MR) is 121 cm³/mol. The van der Waals surface area contributed by atoms with E-state index < -0.39 is 0 Å². The number of ether oxygens (including phenoxy) is 1. The van der Waals surface area contributed by atoms with E-state index in [0.29, 0.717) is 45.3 Å². The molecule has 1 aliphatic heterocycles. The van der Waals surface area contributed by atoms with Crippen LogP contribution in [0.25, 0.3) is 4.96 Å². The number of piperidine rings is 1. The van der Waals surface area contributed by atoms with Crippen molar-refractivity contribution in [3.8, 4) is 5.88 Å². The van der Waals surface area contributed by atoms with Crippen LogP contribution in [0.5, 0.6) is 5.88 Å². The molecule has 10 heteroatoms. The lowest BCUT2D eigenvalue weighted by Crippen LogP contribution is -2.41. The van der Waals surface area contributed by atoms with Gasteiger partial charge in [0.2, 0.25) is 10.8 Å². The molecule has 1 N–H and O–H groups in total. The smallest absolute Gasteiger partial charge is 0.310 e. The van der Waals surface area contributed by atoms with Crippen LogP contribution < -0.4 is 0 Å². The summed E-state index contributed by atoms with van der Waals surface area (Å²) >= 11 is 14.1. The number of esters is 1. The lowest BCUT2D eigenvalue weighted by Gasteiger charge is -2.37. The summed E-state index contributed by atoms with van der Waals surface area (Å²) in [5, 5.41) is 16.5. The van der Waals surface area contributed by atoms with Gasteiger partial charge in [0, 0.05) is 23.0 Å². The average Bonchev–Trinajstić information content (AvgIpc) is 3.29. The number of hydrogen-bond donors (Lipinski definition) is 1. The number of thiazole rings is 1. The molecule has 4 rings (SSSR count). The van der Waals surface area contributed by atoms with Gasteiger partial charge < -0.3 is 9.84 Å². The van der Waals surface area contributed by atoms with E-state index in [0.717, 1.165) is 24.9 Å². The molecule has 3 heterocycles. The Balaban J connectivity index is 1.78. The van der Waals surface area contributed by atoms with Gasteiger partial charge in [0.25, 0.3) is 0 Å². The van der Waals surface area contributed by atoms with E-state index in [1.165, 1.54) is 15.9 Å². The van der Waals surface area contributed by atoms with Crippen molar-refractivity contribution in [2.75, 3.05) is 19.7 Å². The Bertz CT molecular complexity index is 1100.